The Morgan fingerprint density at radius 2 is 1.84 bits per heavy atom. The van der Waals surface area contributed by atoms with Crippen molar-refractivity contribution in [3.05, 3.63) is 0 Å². The SMILES string of the molecule is CC(C)OC(=O)NS(=O)(=O)NC(CCO)C(C)(C)C. The Kier molecular flexibility index (Phi) is 6.74. The van der Waals surface area contributed by atoms with Crippen LogP contribution in [0.2, 0.25) is 0 Å². The Bertz CT molecular complexity index is 386. The van der Waals surface area contributed by atoms with E-state index in [9.17, 15) is 13.2 Å². The molecule has 0 radical (unpaired) electrons. The van der Waals surface area contributed by atoms with Gasteiger partial charge in [0.25, 0.3) is 0 Å². The lowest BCUT2D eigenvalue weighted by atomic mass is 9.86. The van der Waals surface area contributed by atoms with Crippen molar-refractivity contribution in [2.24, 2.45) is 5.41 Å². The first-order valence-corrected chi connectivity index (χ1v) is 7.58. The summed E-state index contributed by atoms with van der Waals surface area (Å²) in [6, 6.07) is -0.498. The van der Waals surface area contributed by atoms with Gasteiger partial charge in [-0.3, -0.25) is 0 Å². The van der Waals surface area contributed by atoms with Crippen LogP contribution in [0.4, 0.5) is 4.79 Å². The van der Waals surface area contributed by atoms with Crippen molar-refractivity contribution in [1.29, 1.82) is 0 Å². The standard InChI is InChI=1S/C11H24N2O5S/c1-8(2)18-10(15)13-19(16,17)12-9(6-7-14)11(3,4)5/h8-9,12,14H,6-7H2,1-5H3,(H,13,15). The van der Waals surface area contributed by atoms with Gasteiger partial charge in [0.2, 0.25) is 0 Å². The van der Waals surface area contributed by atoms with Crippen LogP contribution in [0.15, 0.2) is 0 Å². The second kappa shape index (κ2) is 7.06. The van der Waals surface area contributed by atoms with Crippen molar-refractivity contribution in [1.82, 2.24) is 9.44 Å². The summed E-state index contributed by atoms with van der Waals surface area (Å²) in [7, 11) is -4.02. The molecule has 0 aliphatic carbocycles. The van der Waals surface area contributed by atoms with Gasteiger partial charge in [-0.25, -0.2) is 9.52 Å². The third kappa shape index (κ3) is 8.02. The summed E-state index contributed by atoms with van der Waals surface area (Å²) < 4.78 is 32.3. The van der Waals surface area contributed by atoms with E-state index in [2.05, 4.69) is 4.72 Å². The van der Waals surface area contributed by atoms with Crippen molar-refractivity contribution in [2.75, 3.05) is 6.61 Å². The number of carbonyl (C=O) groups excluding carboxylic acids is 1. The van der Waals surface area contributed by atoms with Gasteiger partial charge >= 0.3 is 16.3 Å². The largest absolute Gasteiger partial charge is 0.446 e. The fraction of sp³-hybridized carbons (Fsp3) is 0.909. The van der Waals surface area contributed by atoms with Crippen LogP contribution in [0.1, 0.15) is 41.0 Å². The minimum absolute atomic E-state index is 0.152. The Balaban J connectivity index is 4.69. The first-order chi connectivity index (χ1) is 8.48. The molecule has 0 saturated heterocycles. The molecule has 7 nitrogen and oxygen atoms in total. The summed E-state index contributed by atoms with van der Waals surface area (Å²) in [4.78, 5) is 11.3. The molecule has 3 N–H and O–H groups in total. The number of carbonyl (C=O) groups is 1. The number of ether oxygens (including phenoxy) is 1. The van der Waals surface area contributed by atoms with E-state index < -0.39 is 28.4 Å². The zero-order valence-corrected chi connectivity index (χ0v) is 12.9. The van der Waals surface area contributed by atoms with Crippen molar-refractivity contribution in [3.63, 3.8) is 0 Å². The lowest BCUT2D eigenvalue weighted by Crippen LogP contribution is -2.50. The number of hydrogen-bond acceptors (Lipinski definition) is 5. The number of hydrogen-bond donors (Lipinski definition) is 3. The van der Waals surface area contributed by atoms with Crippen LogP contribution in [-0.2, 0) is 14.9 Å². The molecule has 114 valence electrons. The van der Waals surface area contributed by atoms with Crippen LogP contribution in [0.25, 0.3) is 0 Å². The maximum Gasteiger partial charge on any atom is 0.422 e. The highest BCUT2D eigenvalue weighted by Crippen LogP contribution is 2.22. The quantitative estimate of drug-likeness (QED) is 0.671. The molecule has 0 spiro atoms. The molecule has 1 amide bonds. The third-order valence-electron chi connectivity index (χ3n) is 2.32. The number of rotatable bonds is 6. The fourth-order valence-electron chi connectivity index (χ4n) is 1.36. The van der Waals surface area contributed by atoms with E-state index in [1.165, 1.54) is 0 Å². The predicted octanol–water partition coefficient (Wildman–Crippen LogP) is 0.752. The van der Waals surface area contributed by atoms with Gasteiger partial charge in [0.05, 0.1) is 6.10 Å². The number of aliphatic hydroxyl groups is 1. The first-order valence-electron chi connectivity index (χ1n) is 6.09. The van der Waals surface area contributed by atoms with E-state index in [0.29, 0.717) is 0 Å². The van der Waals surface area contributed by atoms with Crippen LogP contribution in [0.5, 0.6) is 0 Å². The summed E-state index contributed by atoms with van der Waals surface area (Å²) in [5.41, 5.74) is -0.389. The molecule has 0 aliphatic heterocycles. The lowest BCUT2D eigenvalue weighted by Gasteiger charge is -2.30. The summed E-state index contributed by atoms with van der Waals surface area (Å²) in [6.07, 6.45) is -1.19. The minimum Gasteiger partial charge on any atom is -0.446 e. The third-order valence-corrected chi connectivity index (χ3v) is 3.35. The average molecular weight is 296 g/mol. The van der Waals surface area contributed by atoms with E-state index >= 15 is 0 Å². The number of amides is 1. The molecule has 0 aromatic rings. The fourth-order valence-corrected chi connectivity index (χ4v) is 2.53. The molecule has 0 aromatic heterocycles. The molecule has 0 heterocycles. The Morgan fingerprint density at radius 3 is 2.21 bits per heavy atom. The average Bonchev–Trinajstić information content (AvgIpc) is 2.12. The molecular formula is C11H24N2O5S. The van der Waals surface area contributed by atoms with Crippen LogP contribution in [-0.4, -0.2) is 38.4 Å². The van der Waals surface area contributed by atoms with Gasteiger partial charge in [-0.2, -0.15) is 13.1 Å². The van der Waals surface area contributed by atoms with E-state index in [1.807, 2.05) is 20.8 Å². The summed E-state index contributed by atoms with van der Waals surface area (Å²) in [5, 5.41) is 8.95. The second-order valence-electron chi connectivity index (χ2n) is 5.61. The summed E-state index contributed by atoms with van der Waals surface area (Å²) in [5.74, 6) is 0. The molecule has 0 aromatic carbocycles. The van der Waals surface area contributed by atoms with E-state index in [-0.39, 0.29) is 18.4 Å². The smallest absolute Gasteiger partial charge is 0.422 e. The van der Waals surface area contributed by atoms with Gasteiger partial charge in [0.15, 0.2) is 0 Å². The summed E-state index contributed by atoms with van der Waals surface area (Å²) >= 11 is 0. The monoisotopic (exact) mass is 296 g/mol. The first kappa shape index (κ1) is 18.1. The van der Waals surface area contributed by atoms with Gasteiger partial charge in [-0.1, -0.05) is 20.8 Å². The Morgan fingerprint density at radius 1 is 1.32 bits per heavy atom. The zero-order chi connectivity index (χ0) is 15.3. The molecule has 1 atom stereocenters. The zero-order valence-electron chi connectivity index (χ0n) is 12.1. The maximum atomic E-state index is 11.7. The van der Waals surface area contributed by atoms with Crippen molar-refractivity contribution < 1.29 is 23.1 Å². The molecule has 0 rings (SSSR count). The van der Waals surface area contributed by atoms with Crippen LogP contribution >= 0.6 is 0 Å². The van der Waals surface area contributed by atoms with Crippen molar-refractivity contribution >= 4 is 16.3 Å². The summed E-state index contributed by atoms with van der Waals surface area (Å²) in [6.45, 7) is 8.58. The number of nitrogens with one attached hydrogen (secondary N) is 2. The van der Waals surface area contributed by atoms with E-state index in [0.717, 1.165) is 0 Å². The van der Waals surface area contributed by atoms with Gasteiger partial charge in [-0.05, 0) is 25.7 Å². The molecule has 19 heavy (non-hydrogen) atoms. The lowest BCUT2D eigenvalue weighted by molar-refractivity contribution is 0.121. The Labute approximate surface area is 114 Å². The van der Waals surface area contributed by atoms with Crippen molar-refractivity contribution in [2.45, 2.75) is 53.2 Å². The molecule has 8 heteroatoms. The molecule has 0 fully saturated rings. The molecule has 0 aliphatic rings. The highest BCUT2D eigenvalue weighted by Gasteiger charge is 2.29. The van der Waals surface area contributed by atoms with Crippen LogP contribution in [0.3, 0.4) is 0 Å². The highest BCUT2D eigenvalue weighted by molar-refractivity contribution is 7.88. The topological polar surface area (TPSA) is 105 Å². The predicted molar refractivity (Wildman–Crippen MR) is 71.8 cm³/mol. The van der Waals surface area contributed by atoms with Gasteiger partial charge < -0.3 is 9.84 Å². The molecule has 0 bridgehead atoms. The maximum absolute atomic E-state index is 11.7. The van der Waals surface area contributed by atoms with Crippen molar-refractivity contribution in [3.8, 4) is 0 Å². The second-order valence-corrected chi connectivity index (χ2v) is 7.06. The number of aliphatic hydroxyl groups excluding tert-OH is 1. The normalized spacial score (nSPS) is 14.3. The van der Waals surface area contributed by atoms with Gasteiger partial charge in [0.1, 0.15) is 0 Å². The Hall–Kier alpha value is -0.860. The van der Waals surface area contributed by atoms with Crippen LogP contribution in [0, 0.1) is 5.41 Å². The minimum atomic E-state index is -4.02. The van der Waals surface area contributed by atoms with Gasteiger partial charge in [-0.15, -0.1) is 0 Å². The molecular weight excluding hydrogens is 272 g/mol. The van der Waals surface area contributed by atoms with E-state index in [1.54, 1.807) is 18.6 Å². The highest BCUT2D eigenvalue weighted by atomic mass is 32.2. The van der Waals surface area contributed by atoms with Gasteiger partial charge in [0, 0.05) is 12.6 Å². The molecule has 1 unspecified atom stereocenters. The van der Waals surface area contributed by atoms with Crippen LogP contribution < -0.4 is 9.44 Å². The van der Waals surface area contributed by atoms with E-state index in [4.69, 9.17) is 9.84 Å². The molecule has 0 saturated carbocycles.